The molecule has 0 saturated heterocycles. The van der Waals surface area contributed by atoms with Gasteiger partial charge >= 0.3 is 0 Å². The van der Waals surface area contributed by atoms with Crippen molar-refractivity contribution < 1.29 is 0 Å². The number of fused-ring (bicyclic) bond motifs is 20. The lowest BCUT2D eigenvalue weighted by atomic mass is 9.86. The fourth-order valence-corrected chi connectivity index (χ4v) is 16.9. The molecule has 0 aliphatic heterocycles. The van der Waals surface area contributed by atoms with Crippen LogP contribution in [0.1, 0.15) is 31.9 Å². The largest absolute Gasteiger partial charge is 0.317 e. The molecular formula is C78H48N6S2. The average molecular weight is 1130 g/mol. The number of thiophene rings is 2. The second-order valence-corrected chi connectivity index (χ2v) is 25.8. The van der Waals surface area contributed by atoms with Crippen LogP contribution in [-0.2, 0) is 5.41 Å². The summed E-state index contributed by atoms with van der Waals surface area (Å²) in [5.41, 5.74) is 14.3. The van der Waals surface area contributed by atoms with E-state index in [2.05, 4.69) is 282 Å². The average Bonchev–Trinajstić information content (AvgIpc) is 1.49. The van der Waals surface area contributed by atoms with E-state index in [0.717, 1.165) is 124 Å². The molecule has 6 heterocycles. The van der Waals surface area contributed by atoms with Gasteiger partial charge in [-0.1, -0.05) is 197 Å². The lowest BCUT2D eigenvalue weighted by Crippen LogP contribution is -2.15. The molecule has 18 rings (SSSR count). The van der Waals surface area contributed by atoms with E-state index in [0.29, 0.717) is 28.3 Å². The van der Waals surface area contributed by atoms with Crippen LogP contribution < -0.4 is 0 Å². The highest BCUT2D eigenvalue weighted by Gasteiger charge is 2.36. The maximum atomic E-state index is 13.0. The van der Waals surface area contributed by atoms with Crippen molar-refractivity contribution in [1.82, 2.24) is 18.3 Å². The molecule has 402 valence electrons. The Kier molecular flexibility index (Phi) is 10.1. The molecule has 0 bridgehead atoms. The Morgan fingerprint density at radius 1 is 0.360 bits per heavy atom. The van der Waals surface area contributed by atoms with Gasteiger partial charge in [0, 0.05) is 74.0 Å². The lowest BCUT2D eigenvalue weighted by molar-refractivity contribution is 0.591. The monoisotopic (exact) mass is 1130 g/mol. The molecule has 86 heavy (non-hydrogen) atoms. The standard InChI is InChI=1S/C78H48N6S2/c1-78(2,3)47-35-41-66-59(43-47)55-37-39-57-53-27-13-19-33-68(53)86-77(57)73(55)84(66)75-71(81-61-28-14-8-22-48(61)49-23-9-15-29-62(49)81)60(44-79)70(69(80-4)74(75)82-63-30-16-10-24-50(63)51-25-11-17-31-64(51)82)83-65-40-34-46(45-20-6-5-7-21-45)42-58(65)54-36-38-56-52-26-12-18-32-67(52)85-76(56)72(54)83/h5-43H,1-3H3. The third kappa shape index (κ3) is 6.57. The van der Waals surface area contributed by atoms with Crippen molar-refractivity contribution in [3.05, 3.63) is 259 Å². The van der Waals surface area contributed by atoms with Crippen molar-refractivity contribution in [3.63, 3.8) is 0 Å². The Hall–Kier alpha value is -10.7. The molecular weight excluding hydrogens is 1090 g/mol. The van der Waals surface area contributed by atoms with E-state index in [4.69, 9.17) is 4.85 Å². The molecule has 0 saturated carbocycles. The van der Waals surface area contributed by atoms with Gasteiger partial charge in [0.05, 0.1) is 88.4 Å². The first-order valence-corrected chi connectivity index (χ1v) is 30.7. The Labute approximate surface area is 501 Å². The van der Waals surface area contributed by atoms with Gasteiger partial charge in [0.2, 0.25) is 5.69 Å². The zero-order valence-electron chi connectivity index (χ0n) is 47.0. The molecule has 0 N–H and O–H groups in total. The smallest absolute Gasteiger partial charge is 0.237 e. The van der Waals surface area contributed by atoms with E-state index in [9.17, 15) is 11.8 Å². The van der Waals surface area contributed by atoms with Crippen LogP contribution in [0, 0.1) is 17.9 Å². The zero-order valence-corrected chi connectivity index (χ0v) is 48.6. The molecule has 18 aromatic rings. The van der Waals surface area contributed by atoms with Gasteiger partial charge in [0.15, 0.2) is 0 Å². The Morgan fingerprint density at radius 3 is 1.28 bits per heavy atom. The van der Waals surface area contributed by atoms with Crippen molar-refractivity contribution in [2.75, 3.05) is 0 Å². The van der Waals surface area contributed by atoms with Gasteiger partial charge in [-0.15, -0.1) is 22.7 Å². The number of para-hydroxylation sites is 4. The van der Waals surface area contributed by atoms with Crippen molar-refractivity contribution >= 4 is 156 Å². The van der Waals surface area contributed by atoms with E-state index in [1.807, 2.05) is 0 Å². The molecule has 0 unspecified atom stereocenters. The number of rotatable bonds is 5. The maximum absolute atomic E-state index is 13.0. The Balaban J connectivity index is 1.16. The first-order valence-electron chi connectivity index (χ1n) is 29.1. The fourth-order valence-electron chi connectivity index (χ4n) is 14.4. The highest BCUT2D eigenvalue weighted by atomic mass is 32.1. The fraction of sp³-hybridized carbons (Fsp3) is 0.0513. The van der Waals surface area contributed by atoms with Crippen LogP contribution in [-0.4, -0.2) is 18.3 Å². The second-order valence-electron chi connectivity index (χ2n) is 23.7. The molecule has 6 nitrogen and oxygen atoms in total. The van der Waals surface area contributed by atoms with E-state index >= 15 is 0 Å². The number of nitrogens with zero attached hydrogens (tertiary/aromatic N) is 6. The molecule has 6 aromatic heterocycles. The van der Waals surface area contributed by atoms with Crippen LogP contribution in [0.5, 0.6) is 0 Å². The summed E-state index contributed by atoms with van der Waals surface area (Å²) in [4.78, 5) is 4.97. The SMILES string of the molecule is [C-]#[N+]c1c(-n2c3ccccc3c3ccccc32)c(-n2c3ccc(C(C)(C)C)cc3c3ccc4c5ccccc5sc4c32)c(-n2c3ccccc3c3ccccc32)c(C#N)c1-n1c2ccc(-c3ccccc3)cc2c2ccc3c4ccccc4sc3c21. The van der Waals surface area contributed by atoms with Crippen LogP contribution in [0.2, 0.25) is 0 Å². The van der Waals surface area contributed by atoms with Crippen molar-refractivity contribution in [2.45, 2.75) is 26.2 Å². The molecule has 0 fully saturated rings. The van der Waals surface area contributed by atoms with Crippen molar-refractivity contribution in [2.24, 2.45) is 0 Å². The molecule has 8 heteroatoms. The molecule has 0 radical (unpaired) electrons. The predicted octanol–water partition coefficient (Wildman–Crippen LogP) is 22.2. The molecule has 0 amide bonds. The van der Waals surface area contributed by atoms with Gasteiger partial charge in [-0.25, -0.2) is 4.85 Å². The number of hydrogen-bond acceptors (Lipinski definition) is 3. The summed E-state index contributed by atoms with van der Waals surface area (Å²) in [6, 6.07) is 88.3. The molecule has 12 aromatic carbocycles. The highest BCUT2D eigenvalue weighted by Crippen LogP contribution is 2.55. The molecule has 0 atom stereocenters. The van der Waals surface area contributed by atoms with E-state index < -0.39 is 0 Å². The number of hydrogen-bond donors (Lipinski definition) is 0. The lowest BCUT2D eigenvalue weighted by Gasteiger charge is -2.27. The third-order valence-electron chi connectivity index (χ3n) is 18.2. The highest BCUT2D eigenvalue weighted by molar-refractivity contribution is 7.27. The quantitative estimate of drug-likeness (QED) is 0.158. The van der Waals surface area contributed by atoms with Crippen LogP contribution >= 0.6 is 22.7 Å². The number of nitriles is 1. The Bertz CT molecular complexity index is 5830. The van der Waals surface area contributed by atoms with E-state index in [1.54, 1.807) is 22.7 Å². The first kappa shape index (κ1) is 48.8. The predicted molar refractivity (Wildman–Crippen MR) is 365 cm³/mol. The van der Waals surface area contributed by atoms with Gasteiger partial charge in [-0.2, -0.15) is 5.26 Å². The van der Waals surface area contributed by atoms with Crippen LogP contribution in [0.3, 0.4) is 0 Å². The van der Waals surface area contributed by atoms with Gasteiger partial charge in [0.1, 0.15) is 6.07 Å². The molecule has 0 aliphatic carbocycles. The molecule has 0 aliphatic rings. The molecule has 0 spiro atoms. The third-order valence-corrected chi connectivity index (χ3v) is 20.6. The summed E-state index contributed by atoms with van der Waals surface area (Å²) in [5.74, 6) is 0. The minimum absolute atomic E-state index is 0.163. The van der Waals surface area contributed by atoms with Crippen LogP contribution in [0.25, 0.3) is 166 Å². The summed E-state index contributed by atoms with van der Waals surface area (Å²) in [6.45, 7) is 17.0. The Morgan fingerprint density at radius 2 is 0.779 bits per heavy atom. The van der Waals surface area contributed by atoms with E-state index in [1.165, 1.54) is 25.7 Å². The van der Waals surface area contributed by atoms with Gasteiger partial charge in [-0.05, 0) is 82.8 Å². The number of aromatic nitrogens is 4. The maximum Gasteiger partial charge on any atom is 0.237 e. The summed E-state index contributed by atoms with van der Waals surface area (Å²) < 4.78 is 14.1. The summed E-state index contributed by atoms with van der Waals surface area (Å²) in [7, 11) is 0. The van der Waals surface area contributed by atoms with Gasteiger partial charge in [0.25, 0.3) is 0 Å². The first-order chi connectivity index (χ1) is 42.3. The zero-order chi connectivity index (χ0) is 57.3. The van der Waals surface area contributed by atoms with Crippen molar-refractivity contribution in [1.29, 1.82) is 5.26 Å². The summed E-state index contributed by atoms with van der Waals surface area (Å²) in [6.07, 6.45) is 0. The normalized spacial score (nSPS) is 12.3. The van der Waals surface area contributed by atoms with Crippen LogP contribution in [0.15, 0.2) is 237 Å². The summed E-state index contributed by atoms with van der Waals surface area (Å²) in [5, 5.41) is 26.2. The minimum atomic E-state index is -0.163. The van der Waals surface area contributed by atoms with Gasteiger partial charge < -0.3 is 18.3 Å². The van der Waals surface area contributed by atoms with E-state index in [-0.39, 0.29) is 5.41 Å². The second kappa shape index (κ2) is 17.9. The number of benzene rings is 12. The van der Waals surface area contributed by atoms with Gasteiger partial charge in [-0.3, -0.25) is 0 Å². The topological polar surface area (TPSA) is 47.9 Å². The minimum Gasteiger partial charge on any atom is -0.317 e. The van der Waals surface area contributed by atoms with Crippen molar-refractivity contribution in [3.8, 4) is 39.9 Å². The van der Waals surface area contributed by atoms with Crippen LogP contribution in [0.4, 0.5) is 5.69 Å². The summed E-state index contributed by atoms with van der Waals surface area (Å²) >= 11 is 3.57.